The number of nitrogens with zero attached hydrogens (tertiary/aromatic N) is 1. The minimum absolute atomic E-state index is 0.00889. The Balaban J connectivity index is 1.64. The highest BCUT2D eigenvalue weighted by Crippen LogP contribution is 2.16. The maximum absolute atomic E-state index is 11.7. The van der Waals surface area contributed by atoms with Crippen LogP contribution in [0.2, 0.25) is 0 Å². The molecule has 0 aliphatic carbocycles. The van der Waals surface area contributed by atoms with Crippen LogP contribution in [0.3, 0.4) is 0 Å². The number of carbonyl (C=O) groups excluding carboxylic acids is 1. The molecule has 0 bridgehead atoms. The first-order valence-corrected chi connectivity index (χ1v) is 7.92. The Labute approximate surface area is 129 Å². The summed E-state index contributed by atoms with van der Waals surface area (Å²) in [6.45, 7) is 5.08. The number of aromatic nitrogens is 1. The fraction of sp³-hybridized carbons (Fsp3) is 0.375. The number of nitrogens with one attached hydrogen (secondary N) is 1. The van der Waals surface area contributed by atoms with E-state index in [1.165, 1.54) is 0 Å². The van der Waals surface area contributed by atoms with Gasteiger partial charge in [-0.1, -0.05) is 6.07 Å². The molecule has 2 rings (SSSR count). The van der Waals surface area contributed by atoms with Gasteiger partial charge in [0.2, 0.25) is 5.91 Å². The molecule has 112 valence electrons. The van der Waals surface area contributed by atoms with Crippen LogP contribution in [0.25, 0.3) is 0 Å². The summed E-state index contributed by atoms with van der Waals surface area (Å²) in [5.41, 5.74) is 5.15. The number of carbonyl (C=O) groups is 1. The number of thiazole rings is 1. The van der Waals surface area contributed by atoms with E-state index in [1.807, 2.05) is 31.4 Å². The Morgan fingerprint density at radius 1 is 1.29 bits per heavy atom. The van der Waals surface area contributed by atoms with Crippen molar-refractivity contribution in [3.05, 3.63) is 45.9 Å². The van der Waals surface area contributed by atoms with Gasteiger partial charge in [-0.05, 0) is 37.1 Å². The minimum Gasteiger partial charge on any atom is -0.493 e. The monoisotopic (exact) mass is 304 g/mol. The highest BCUT2D eigenvalue weighted by Gasteiger charge is 2.03. The van der Waals surface area contributed by atoms with E-state index in [4.69, 9.17) is 4.74 Å². The maximum atomic E-state index is 11.7. The molecular formula is C16H20N2O2S. The van der Waals surface area contributed by atoms with E-state index in [2.05, 4.69) is 16.4 Å². The van der Waals surface area contributed by atoms with E-state index in [-0.39, 0.29) is 5.91 Å². The van der Waals surface area contributed by atoms with E-state index < -0.39 is 0 Å². The molecule has 1 heterocycles. The summed E-state index contributed by atoms with van der Waals surface area (Å²) in [6, 6.07) is 6.05. The molecule has 1 aromatic carbocycles. The van der Waals surface area contributed by atoms with Crippen LogP contribution in [0.4, 0.5) is 0 Å². The third-order valence-electron chi connectivity index (χ3n) is 2.98. The number of amides is 1. The van der Waals surface area contributed by atoms with Crippen molar-refractivity contribution in [2.24, 2.45) is 0 Å². The van der Waals surface area contributed by atoms with Crippen molar-refractivity contribution in [3.63, 3.8) is 0 Å². The Morgan fingerprint density at radius 3 is 2.71 bits per heavy atom. The lowest BCUT2D eigenvalue weighted by Gasteiger charge is -2.08. The standard InChI is InChI=1S/C16H20N2O2S/c1-12-7-13(2)9-15(8-12)20-6-4-16(19)17-5-3-14-10-21-11-18-14/h7-11H,3-6H2,1-2H3,(H,17,19). The quantitative estimate of drug-likeness (QED) is 0.855. The number of benzene rings is 1. The molecule has 2 aromatic rings. The molecule has 1 amide bonds. The van der Waals surface area contributed by atoms with Crippen LogP contribution < -0.4 is 10.1 Å². The van der Waals surface area contributed by atoms with Crippen molar-refractivity contribution in [1.29, 1.82) is 0 Å². The zero-order chi connectivity index (χ0) is 15.1. The molecule has 21 heavy (non-hydrogen) atoms. The number of rotatable bonds is 7. The Hall–Kier alpha value is -1.88. The van der Waals surface area contributed by atoms with Crippen LogP contribution in [-0.2, 0) is 11.2 Å². The summed E-state index contributed by atoms with van der Waals surface area (Å²) in [7, 11) is 0. The highest BCUT2D eigenvalue weighted by molar-refractivity contribution is 7.07. The van der Waals surface area contributed by atoms with Gasteiger partial charge in [-0.15, -0.1) is 11.3 Å². The number of aryl methyl sites for hydroxylation is 2. The molecule has 0 atom stereocenters. The van der Waals surface area contributed by atoms with Gasteiger partial charge in [-0.25, -0.2) is 4.98 Å². The molecule has 4 nitrogen and oxygen atoms in total. The molecule has 1 N–H and O–H groups in total. The van der Waals surface area contributed by atoms with Crippen LogP contribution >= 0.6 is 11.3 Å². The second-order valence-electron chi connectivity index (χ2n) is 5.00. The second kappa shape index (κ2) is 7.78. The van der Waals surface area contributed by atoms with Gasteiger partial charge in [-0.2, -0.15) is 0 Å². The molecule has 0 saturated heterocycles. The van der Waals surface area contributed by atoms with Gasteiger partial charge in [0, 0.05) is 18.3 Å². The lowest BCUT2D eigenvalue weighted by molar-refractivity contribution is -0.121. The summed E-state index contributed by atoms with van der Waals surface area (Å²) in [6.07, 6.45) is 1.14. The number of ether oxygens (including phenoxy) is 1. The van der Waals surface area contributed by atoms with Crippen LogP contribution in [-0.4, -0.2) is 24.0 Å². The predicted octanol–water partition coefficient (Wildman–Crippen LogP) is 2.89. The lowest BCUT2D eigenvalue weighted by Crippen LogP contribution is -2.27. The van der Waals surface area contributed by atoms with Gasteiger partial charge < -0.3 is 10.1 Å². The average molecular weight is 304 g/mol. The number of hydrogen-bond donors (Lipinski definition) is 1. The molecule has 0 unspecified atom stereocenters. The molecular weight excluding hydrogens is 284 g/mol. The molecule has 1 aromatic heterocycles. The molecule has 0 radical (unpaired) electrons. The van der Waals surface area contributed by atoms with Crippen molar-refractivity contribution >= 4 is 17.2 Å². The van der Waals surface area contributed by atoms with Gasteiger partial charge in [0.05, 0.1) is 24.2 Å². The molecule has 0 spiro atoms. The molecule has 0 saturated carbocycles. The van der Waals surface area contributed by atoms with Crippen LogP contribution in [0.1, 0.15) is 23.2 Å². The van der Waals surface area contributed by atoms with E-state index in [0.29, 0.717) is 19.6 Å². The van der Waals surface area contributed by atoms with Crippen LogP contribution in [0.15, 0.2) is 29.1 Å². The number of hydrogen-bond acceptors (Lipinski definition) is 4. The van der Waals surface area contributed by atoms with Gasteiger partial charge in [0.15, 0.2) is 0 Å². The maximum Gasteiger partial charge on any atom is 0.223 e. The second-order valence-corrected chi connectivity index (χ2v) is 5.72. The molecule has 0 fully saturated rings. The Bertz CT molecular complexity index is 562. The third kappa shape index (κ3) is 5.55. The van der Waals surface area contributed by atoms with Gasteiger partial charge in [0.25, 0.3) is 0 Å². The van der Waals surface area contributed by atoms with Gasteiger partial charge in [0.1, 0.15) is 5.75 Å². The van der Waals surface area contributed by atoms with Crippen LogP contribution in [0.5, 0.6) is 5.75 Å². The average Bonchev–Trinajstić information content (AvgIpc) is 2.91. The van der Waals surface area contributed by atoms with Crippen molar-refractivity contribution < 1.29 is 9.53 Å². The molecule has 0 aliphatic rings. The zero-order valence-electron chi connectivity index (χ0n) is 12.4. The van der Waals surface area contributed by atoms with Crippen molar-refractivity contribution in [3.8, 4) is 5.75 Å². The fourth-order valence-corrected chi connectivity index (χ4v) is 2.65. The largest absolute Gasteiger partial charge is 0.493 e. The van der Waals surface area contributed by atoms with E-state index in [1.54, 1.807) is 16.8 Å². The normalized spacial score (nSPS) is 10.4. The van der Waals surface area contributed by atoms with Crippen molar-refractivity contribution in [2.45, 2.75) is 26.7 Å². The first-order chi connectivity index (χ1) is 10.1. The van der Waals surface area contributed by atoms with E-state index in [0.717, 1.165) is 29.0 Å². The zero-order valence-corrected chi connectivity index (χ0v) is 13.2. The Morgan fingerprint density at radius 2 is 2.05 bits per heavy atom. The van der Waals surface area contributed by atoms with Crippen molar-refractivity contribution in [2.75, 3.05) is 13.2 Å². The summed E-state index contributed by atoms with van der Waals surface area (Å²) in [5.74, 6) is 0.831. The van der Waals surface area contributed by atoms with E-state index in [9.17, 15) is 4.79 Å². The van der Waals surface area contributed by atoms with Gasteiger partial charge >= 0.3 is 0 Å². The summed E-state index contributed by atoms with van der Waals surface area (Å²) < 4.78 is 5.62. The third-order valence-corrected chi connectivity index (χ3v) is 3.62. The predicted molar refractivity (Wildman–Crippen MR) is 84.9 cm³/mol. The van der Waals surface area contributed by atoms with Crippen molar-refractivity contribution in [1.82, 2.24) is 10.3 Å². The summed E-state index contributed by atoms with van der Waals surface area (Å²) in [5, 5.41) is 4.87. The van der Waals surface area contributed by atoms with Gasteiger partial charge in [-0.3, -0.25) is 4.79 Å². The topological polar surface area (TPSA) is 51.2 Å². The fourth-order valence-electron chi connectivity index (χ4n) is 2.06. The minimum atomic E-state index is 0.00889. The molecule has 0 aliphatic heterocycles. The molecule has 5 heteroatoms. The van der Waals surface area contributed by atoms with E-state index >= 15 is 0 Å². The smallest absolute Gasteiger partial charge is 0.223 e. The van der Waals surface area contributed by atoms with Crippen LogP contribution in [0, 0.1) is 13.8 Å². The highest BCUT2D eigenvalue weighted by atomic mass is 32.1. The first kappa shape index (κ1) is 15.5. The SMILES string of the molecule is Cc1cc(C)cc(OCCC(=O)NCCc2cscn2)c1. The Kier molecular flexibility index (Phi) is 5.75. The first-order valence-electron chi connectivity index (χ1n) is 6.98. The summed E-state index contributed by atoms with van der Waals surface area (Å²) in [4.78, 5) is 15.9. The lowest BCUT2D eigenvalue weighted by atomic mass is 10.1. The summed E-state index contributed by atoms with van der Waals surface area (Å²) >= 11 is 1.57.